The fraction of sp³-hybridized carbons (Fsp3) is 0.200. The normalized spacial score (nSPS) is 11.4. The van der Waals surface area contributed by atoms with E-state index in [2.05, 4.69) is 9.82 Å². The van der Waals surface area contributed by atoms with E-state index < -0.39 is 15.8 Å². The van der Waals surface area contributed by atoms with Crippen molar-refractivity contribution in [2.45, 2.75) is 18.4 Å². The SMILES string of the molecule is CCOc1ccc(-c2ccc(=O)n(CCNS(=O)(=O)c3ccc(F)cc3)n2)cc1. The van der Waals surface area contributed by atoms with Crippen LogP contribution < -0.4 is 15.0 Å². The molecule has 9 heteroatoms. The van der Waals surface area contributed by atoms with Crippen molar-refractivity contribution in [3.05, 3.63) is 76.8 Å². The maximum absolute atomic E-state index is 13.0. The van der Waals surface area contributed by atoms with Crippen molar-refractivity contribution < 1.29 is 17.5 Å². The van der Waals surface area contributed by atoms with Crippen molar-refractivity contribution in [2.75, 3.05) is 13.2 Å². The zero-order valence-electron chi connectivity index (χ0n) is 15.7. The number of rotatable bonds is 8. The van der Waals surface area contributed by atoms with E-state index in [0.717, 1.165) is 23.4 Å². The topological polar surface area (TPSA) is 90.3 Å². The van der Waals surface area contributed by atoms with E-state index in [9.17, 15) is 17.6 Å². The van der Waals surface area contributed by atoms with Crippen LogP contribution in [0.1, 0.15) is 6.92 Å². The molecule has 1 heterocycles. The number of hydrogen-bond acceptors (Lipinski definition) is 5. The summed E-state index contributed by atoms with van der Waals surface area (Å²) in [5.41, 5.74) is 1.03. The largest absolute Gasteiger partial charge is 0.494 e. The minimum atomic E-state index is -3.81. The summed E-state index contributed by atoms with van der Waals surface area (Å²) in [6.45, 7) is 2.47. The number of benzene rings is 2. The van der Waals surface area contributed by atoms with Crippen molar-refractivity contribution in [3.8, 4) is 17.0 Å². The number of ether oxygens (including phenoxy) is 1. The zero-order chi connectivity index (χ0) is 20.9. The highest BCUT2D eigenvalue weighted by Gasteiger charge is 2.13. The molecule has 0 amide bonds. The van der Waals surface area contributed by atoms with Gasteiger partial charge in [0.25, 0.3) is 5.56 Å². The van der Waals surface area contributed by atoms with Crippen molar-refractivity contribution in [1.29, 1.82) is 0 Å². The maximum Gasteiger partial charge on any atom is 0.266 e. The van der Waals surface area contributed by atoms with Gasteiger partial charge in [-0.05, 0) is 61.5 Å². The van der Waals surface area contributed by atoms with E-state index in [4.69, 9.17) is 4.74 Å². The molecule has 0 spiro atoms. The number of nitrogens with one attached hydrogen (secondary N) is 1. The van der Waals surface area contributed by atoms with E-state index in [1.54, 1.807) is 6.07 Å². The van der Waals surface area contributed by atoms with Crippen LogP contribution in [-0.4, -0.2) is 31.3 Å². The Hall–Kier alpha value is -3.04. The summed E-state index contributed by atoms with van der Waals surface area (Å²) >= 11 is 0. The quantitative estimate of drug-likeness (QED) is 0.608. The molecule has 152 valence electrons. The van der Waals surface area contributed by atoms with Gasteiger partial charge in [-0.1, -0.05) is 0 Å². The van der Waals surface area contributed by atoms with E-state index in [1.807, 2.05) is 31.2 Å². The van der Waals surface area contributed by atoms with Gasteiger partial charge in [-0.3, -0.25) is 4.79 Å². The van der Waals surface area contributed by atoms with Crippen LogP contribution in [0.15, 0.2) is 70.4 Å². The number of sulfonamides is 1. The van der Waals surface area contributed by atoms with E-state index in [1.165, 1.54) is 22.9 Å². The first-order valence-electron chi connectivity index (χ1n) is 8.96. The standard InChI is InChI=1S/C20H20FN3O4S/c1-2-28-17-7-3-15(4-8-17)19-11-12-20(25)24(23-19)14-13-22-29(26,27)18-9-5-16(21)6-10-18/h3-12,22H,2,13-14H2,1H3. The third kappa shape index (κ3) is 5.27. The third-order valence-corrected chi connectivity index (χ3v) is 5.54. The van der Waals surface area contributed by atoms with Crippen LogP contribution in [0, 0.1) is 5.82 Å². The molecular formula is C20H20FN3O4S. The number of aromatic nitrogens is 2. The molecule has 0 atom stereocenters. The van der Waals surface area contributed by atoms with Gasteiger partial charge in [-0.25, -0.2) is 22.2 Å². The molecule has 0 aliphatic rings. The zero-order valence-corrected chi connectivity index (χ0v) is 16.5. The van der Waals surface area contributed by atoms with E-state index in [0.29, 0.717) is 12.3 Å². The van der Waals surface area contributed by atoms with Crippen molar-refractivity contribution in [1.82, 2.24) is 14.5 Å². The van der Waals surface area contributed by atoms with Crippen LogP contribution in [0.4, 0.5) is 4.39 Å². The molecule has 0 radical (unpaired) electrons. The third-order valence-electron chi connectivity index (χ3n) is 4.07. The van der Waals surface area contributed by atoms with Crippen molar-refractivity contribution in [2.24, 2.45) is 0 Å². The lowest BCUT2D eigenvalue weighted by atomic mass is 10.1. The average Bonchev–Trinajstić information content (AvgIpc) is 2.70. The molecular weight excluding hydrogens is 397 g/mol. The molecule has 0 unspecified atom stereocenters. The maximum atomic E-state index is 13.0. The summed E-state index contributed by atoms with van der Waals surface area (Å²) in [5.74, 6) is 0.213. The summed E-state index contributed by atoms with van der Waals surface area (Å²) in [4.78, 5) is 12.0. The van der Waals surface area contributed by atoms with Crippen LogP contribution >= 0.6 is 0 Å². The minimum absolute atomic E-state index is 0.0423. The van der Waals surface area contributed by atoms with Gasteiger partial charge >= 0.3 is 0 Å². The molecule has 2 aromatic carbocycles. The molecule has 1 N–H and O–H groups in total. The molecule has 0 saturated heterocycles. The average molecular weight is 417 g/mol. The second-order valence-electron chi connectivity index (χ2n) is 6.09. The summed E-state index contributed by atoms with van der Waals surface area (Å²) in [5, 5.41) is 4.30. The highest BCUT2D eigenvalue weighted by molar-refractivity contribution is 7.89. The van der Waals surface area contributed by atoms with Crippen LogP contribution in [0.5, 0.6) is 5.75 Å². The molecule has 0 bridgehead atoms. The highest BCUT2D eigenvalue weighted by atomic mass is 32.2. The van der Waals surface area contributed by atoms with Gasteiger partial charge < -0.3 is 4.74 Å². The fourth-order valence-electron chi connectivity index (χ4n) is 2.63. The van der Waals surface area contributed by atoms with Gasteiger partial charge in [0.05, 0.1) is 23.7 Å². The Morgan fingerprint density at radius 2 is 1.72 bits per heavy atom. The Kier molecular flexibility index (Phi) is 6.40. The molecule has 3 rings (SSSR count). The molecule has 0 saturated carbocycles. The number of halogens is 1. The lowest BCUT2D eigenvalue weighted by Gasteiger charge is -2.10. The fourth-order valence-corrected chi connectivity index (χ4v) is 3.66. The molecule has 0 aliphatic carbocycles. The molecule has 7 nitrogen and oxygen atoms in total. The Labute approximate surface area is 167 Å². The van der Waals surface area contributed by atoms with Gasteiger partial charge in [0, 0.05) is 18.2 Å². The first-order chi connectivity index (χ1) is 13.9. The summed E-state index contributed by atoms with van der Waals surface area (Å²) in [6.07, 6.45) is 0. The lowest BCUT2D eigenvalue weighted by Crippen LogP contribution is -2.32. The smallest absolute Gasteiger partial charge is 0.266 e. The Balaban J connectivity index is 1.70. The molecule has 1 aromatic heterocycles. The number of hydrogen-bond donors (Lipinski definition) is 1. The molecule has 0 aliphatic heterocycles. The first-order valence-corrected chi connectivity index (χ1v) is 10.4. The van der Waals surface area contributed by atoms with Crippen LogP contribution in [0.2, 0.25) is 0 Å². The minimum Gasteiger partial charge on any atom is -0.494 e. The highest BCUT2D eigenvalue weighted by Crippen LogP contribution is 2.19. The summed E-state index contributed by atoms with van der Waals surface area (Å²) in [7, 11) is -3.81. The molecule has 29 heavy (non-hydrogen) atoms. The summed E-state index contributed by atoms with van der Waals surface area (Å²) in [6, 6.07) is 14.8. The van der Waals surface area contributed by atoms with Gasteiger partial charge in [-0.2, -0.15) is 5.10 Å². The van der Waals surface area contributed by atoms with Crippen LogP contribution in [-0.2, 0) is 16.6 Å². The number of nitrogens with zero attached hydrogens (tertiary/aromatic N) is 2. The first kappa shape index (κ1) is 20.7. The van der Waals surface area contributed by atoms with Crippen LogP contribution in [0.3, 0.4) is 0 Å². The van der Waals surface area contributed by atoms with Crippen molar-refractivity contribution in [3.63, 3.8) is 0 Å². The summed E-state index contributed by atoms with van der Waals surface area (Å²) < 4.78 is 46.4. The Bertz CT molecular complexity index is 1130. The Morgan fingerprint density at radius 3 is 2.38 bits per heavy atom. The van der Waals surface area contributed by atoms with Gasteiger partial charge in [0.15, 0.2) is 0 Å². The molecule has 3 aromatic rings. The van der Waals surface area contributed by atoms with Gasteiger partial charge in [0.1, 0.15) is 11.6 Å². The van der Waals surface area contributed by atoms with E-state index >= 15 is 0 Å². The van der Waals surface area contributed by atoms with Crippen molar-refractivity contribution >= 4 is 10.0 Å². The van der Waals surface area contributed by atoms with Gasteiger partial charge in [0.2, 0.25) is 10.0 Å². The monoisotopic (exact) mass is 417 g/mol. The lowest BCUT2D eigenvalue weighted by molar-refractivity contribution is 0.340. The van der Waals surface area contributed by atoms with Crippen LogP contribution in [0.25, 0.3) is 11.3 Å². The second kappa shape index (κ2) is 8.97. The van der Waals surface area contributed by atoms with Gasteiger partial charge in [-0.15, -0.1) is 0 Å². The molecule has 0 fully saturated rings. The predicted molar refractivity (Wildman–Crippen MR) is 107 cm³/mol. The second-order valence-corrected chi connectivity index (χ2v) is 7.86. The van der Waals surface area contributed by atoms with E-state index in [-0.39, 0.29) is 23.5 Å². The predicted octanol–water partition coefficient (Wildman–Crippen LogP) is 2.43. The Morgan fingerprint density at radius 1 is 1.03 bits per heavy atom.